The molecule has 4 N–H and O–H groups in total. The Kier molecular flexibility index (Phi) is 10.3. The lowest BCUT2D eigenvalue weighted by atomic mass is 9.94. The average molecular weight is 561 g/mol. The minimum Gasteiger partial charge on any atom is -0.374 e. The van der Waals surface area contributed by atoms with Crippen LogP contribution in [0.3, 0.4) is 0 Å². The van der Waals surface area contributed by atoms with Gasteiger partial charge in [0.15, 0.2) is 0 Å². The van der Waals surface area contributed by atoms with E-state index in [2.05, 4.69) is 15.7 Å². The van der Waals surface area contributed by atoms with Crippen LogP contribution in [0.2, 0.25) is 0 Å². The molecule has 0 bridgehead atoms. The Morgan fingerprint density at radius 3 is 2.34 bits per heavy atom. The Hall–Kier alpha value is -4.02. The molecule has 3 aromatic rings. The summed E-state index contributed by atoms with van der Waals surface area (Å²) in [6.45, 7) is 5.50. The zero-order valence-electron chi connectivity index (χ0n) is 23.8. The molecule has 4 rings (SSSR count). The van der Waals surface area contributed by atoms with Gasteiger partial charge in [-0.25, -0.2) is 0 Å². The van der Waals surface area contributed by atoms with E-state index in [1.165, 1.54) is 0 Å². The van der Waals surface area contributed by atoms with Crippen LogP contribution in [0.25, 0.3) is 0 Å². The van der Waals surface area contributed by atoms with Crippen LogP contribution < -0.4 is 16.4 Å². The van der Waals surface area contributed by atoms with Gasteiger partial charge in [-0.05, 0) is 44.2 Å². The molecule has 1 fully saturated rings. The van der Waals surface area contributed by atoms with Crippen LogP contribution >= 0.6 is 0 Å². The fourth-order valence-corrected chi connectivity index (χ4v) is 4.71. The first kappa shape index (κ1) is 30.0. The molecular weight excluding hydrogens is 520 g/mol. The lowest BCUT2D eigenvalue weighted by Crippen LogP contribution is -2.56. The van der Waals surface area contributed by atoms with E-state index < -0.39 is 23.4 Å². The molecule has 3 amide bonds. The summed E-state index contributed by atoms with van der Waals surface area (Å²) in [6.07, 6.45) is 5.92. The van der Waals surface area contributed by atoms with Gasteiger partial charge in [0.1, 0.15) is 6.04 Å². The molecule has 1 aliphatic rings. The maximum Gasteiger partial charge on any atom is 0.249 e. The number of carbonyl (C=O) groups excluding carboxylic acids is 3. The lowest BCUT2D eigenvalue weighted by molar-refractivity contribution is -0.132. The summed E-state index contributed by atoms with van der Waals surface area (Å²) >= 11 is 0. The number of aromatic nitrogens is 2. The van der Waals surface area contributed by atoms with E-state index in [0.29, 0.717) is 25.3 Å². The number of rotatable bonds is 13. The zero-order valence-corrected chi connectivity index (χ0v) is 23.8. The van der Waals surface area contributed by atoms with Crippen molar-refractivity contribution in [3.8, 4) is 0 Å². The smallest absolute Gasteiger partial charge is 0.249 e. The molecule has 10 nitrogen and oxygen atoms in total. The largest absolute Gasteiger partial charge is 0.374 e. The molecule has 0 aliphatic carbocycles. The van der Waals surface area contributed by atoms with E-state index in [9.17, 15) is 14.4 Å². The zero-order chi connectivity index (χ0) is 29.2. The minimum absolute atomic E-state index is 0.0337. The summed E-state index contributed by atoms with van der Waals surface area (Å²) in [6, 6.07) is 18.4. The Balaban J connectivity index is 1.38. The molecule has 1 aromatic heterocycles. The van der Waals surface area contributed by atoms with Crippen molar-refractivity contribution in [2.24, 2.45) is 5.73 Å². The van der Waals surface area contributed by atoms with Crippen LogP contribution in [-0.4, -0.2) is 63.7 Å². The number of nitrogens with zero attached hydrogens (tertiary/aromatic N) is 3. The molecule has 0 spiro atoms. The number of hydrogen-bond acceptors (Lipinski definition) is 6. The van der Waals surface area contributed by atoms with Gasteiger partial charge in [-0.1, -0.05) is 60.7 Å². The molecule has 41 heavy (non-hydrogen) atoms. The average Bonchev–Trinajstić information content (AvgIpc) is 3.66. The van der Waals surface area contributed by atoms with Crippen LogP contribution in [0.4, 0.5) is 5.69 Å². The van der Waals surface area contributed by atoms with E-state index >= 15 is 0 Å². The van der Waals surface area contributed by atoms with Crippen LogP contribution in [0.5, 0.6) is 0 Å². The molecule has 2 heterocycles. The highest BCUT2D eigenvalue weighted by Crippen LogP contribution is 2.25. The van der Waals surface area contributed by atoms with Crippen LogP contribution in [0, 0.1) is 0 Å². The predicted octanol–water partition coefficient (Wildman–Crippen LogP) is 3.06. The molecule has 10 heteroatoms. The van der Waals surface area contributed by atoms with Gasteiger partial charge in [0.05, 0.1) is 36.6 Å². The fraction of sp³-hybridized carbons (Fsp3) is 0.419. The number of hydrogen-bond donors (Lipinski definition) is 3. The van der Waals surface area contributed by atoms with Crippen molar-refractivity contribution < 1.29 is 19.1 Å². The summed E-state index contributed by atoms with van der Waals surface area (Å²) in [5.41, 5.74) is 7.20. The van der Waals surface area contributed by atoms with Crippen molar-refractivity contribution in [1.29, 1.82) is 0 Å². The predicted molar refractivity (Wildman–Crippen MR) is 157 cm³/mol. The Morgan fingerprint density at radius 1 is 1.02 bits per heavy atom. The second-order valence-electron chi connectivity index (χ2n) is 11.0. The van der Waals surface area contributed by atoms with Gasteiger partial charge < -0.3 is 26.0 Å². The highest BCUT2D eigenvalue weighted by molar-refractivity contribution is 5.98. The number of carbonyl (C=O) groups is 3. The number of benzene rings is 2. The van der Waals surface area contributed by atoms with Gasteiger partial charge in [0.25, 0.3) is 0 Å². The normalized spacial score (nSPS) is 14.9. The van der Waals surface area contributed by atoms with Gasteiger partial charge >= 0.3 is 0 Å². The van der Waals surface area contributed by atoms with E-state index in [-0.39, 0.29) is 18.4 Å². The van der Waals surface area contributed by atoms with Crippen LogP contribution in [0.1, 0.15) is 50.2 Å². The van der Waals surface area contributed by atoms with E-state index in [1.807, 2.05) is 65.6 Å². The number of aryl methyl sites for hydroxylation is 1. The second kappa shape index (κ2) is 14.0. The Bertz CT molecular complexity index is 1280. The molecule has 0 radical (unpaired) electrons. The number of nitrogens with one attached hydrogen (secondary N) is 2. The van der Waals surface area contributed by atoms with Crippen molar-refractivity contribution in [2.45, 2.75) is 63.8 Å². The van der Waals surface area contributed by atoms with Crippen molar-refractivity contribution in [3.05, 3.63) is 84.2 Å². The quantitative estimate of drug-likeness (QED) is 0.295. The summed E-state index contributed by atoms with van der Waals surface area (Å²) in [4.78, 5) is 41.0. The van der Waals surface area contributed by atoms with Gasteiger partial charge in [-0.2, -0.15) is 5.10 Å². The topological polar surface area (TPSA) is 132 Å². The first-order chi connectivity index (χ1) is 19.7. The van der Waals surface area contributed by atoms with Crippen molar-refractivity contribution in [2.75, 3.05) is 25.0 Å². The SMILES string of the molecule is CC(C)(N)C(=O)N[C@H](COCc1ccccc1)C(=O)Nc1cnn(CCC(C(=O)N2CCCC2)c2ccccc2)c1. The van der Waals surface area contributed by atoms with Crippen molar-refractivity contribution >= 4 is 23.4 Å². The van der Waals surface area contributed by atoms with Gasteiger partial charge in [0, 0.05) is 25.8 Å². The highest BCUT2D eigenvalue weighted by atomic mass is 16.5. The third-order valence-electron chi connectivity index (χ3n) is 7.07. The third kappa shape index (κ3) is 8.73. The summed E-state index contributed by atoms with van der Waals surface area (Å²) < 4.78 is 7.47. The van der Waals surface area contributed by atoms with Gasteiger partial charge in [-0.15, -0.1) is 0 Å². The Morgan fingerprint density at radius 2 is 1.68 bits per heavy atom. The summed E-state index contributed by atoms with van der Waals surface area (Å²) in [5, 5.41) is 9.91. The molecule has 0 saturated carbocycles. The van der Waals surface area contributed by atoms with Crippen LogP contribution in [-0.2, 0) is 32.3 Å². The molecule has 218 valence electrons. The fourth-order valence-electron chi connectivity index (χ4n) is 4.71. The van der Waals surface area contributed by atoms with E-state index in [4.69, 9.17) is 10.5 Å². The monoisotopic (exact) mass is 560 g/mol. The Labute approximate surface area is 241 Å². The maximum atomic E-state index is 13.3. The first-order valence-electron chi connectivity index (χ1n) is 14.1. The minimum atomic E-state index is -1.16. The molecule has 2 aromatic carbocycles. The van der Waals surface area contributed by atoms with Crippen LogP contribution in [0.15, 0.2) is 73.1 Å². The molecule has 1 saturated heterocycles. The molecule has 1 aliphatic heterocycles. The number of nitrogens with two attached hydrogens (primary N) is 1. The third-order valence-corrected chi connectivity index (χ3v) is 7.07. The summed E-state index contributed by atoms with van der Waals surface area (Å²) in [5.74, 6) is -1.03. The number of ether oxygens (including phenoxy) is 1. The molecule has 2 atom stereocenters. The number of anilines is 1. The van der Waals surface area contributed by atoms with E-state index in [1.54, 1.807) is 30.9 Å². The maximum absolute atomic E-state index is 13.3. The lowest BCUT2D eigenvalue weighted by Gasteiger charge is -2.24. The molecular formula is C31H40N6O4. The van der Waals surface area contributed by atoms with E-state index in [0.717, 1.165) is 37.1 Å². The molecule has 1 unspecified atom stereocenters. The second-order valence-corrected chi connectivity index (χ2v) is 11.0. The number of likely N-dealkylation sites (tertiary alicyclic amines) is 1. The van der Waals surface area contributed by atoms with Crippen molar-refractivity contribution in [1.82, 2.24) is 20.0 Å². The highest BCUT2D eigenvalue weighted by Gasteiger charge is 2.29. The first-order valence-corrected chi connectivity index (χ1v) is 14.1. The standard InChI is InChI=1S/C31H40N6O4/c1-31(2,32)30(40)35-27(22-41-21-23-11-5-3-6-12-23)28(38)34-25-19-33-37(20-25)18-15-26(24-13-7-4-8-14-24)29(39)36-16-9-10-17-36/h3-8,11-14,19-20,26-27H,9-10,15-18,21-22,32H2,1-2H3,(H,34,38)(H,35,40)/t26?,27-/m1/s1. The van der Waals surface area contributed by atoms with Crippen molar-refractivity contribution in [3.63, 3.8) is 0 Å². The summed E-state index contributed by atoms with van der Waals surface area (Å²) in [7, 11) is 0. The van der Waals surface area contributed by atoms with Gasteiger partial charge in [-0.3, -0.25) is 19.1 Å². The number of amides is 3. The van der Waals surface area contributed by atoms with Gasteiger partial charge in [0.2, 0.25) is 17.7 Å².